The van der Waals surface area contributed by atoms with Gasteiger partial charge in [0.05, 0.1) is 22.7 Å². The molecule has 1 atom stereocenters. The van der Waals surface area contributed by atoms with Crippen LogP contribution in [0.1, 0.15) is 28.9 Å². The van der Waals surface area contributed by atoms with Gasteiger partial charge < -0.3 is 10.6 Å². The van der Waals surface area contributed by atoms with E-state index in [1.165, 1.54) is 11.3 Å². The summed E-state index contributed by atoms with van der Waals surface area (Å²) in [6.45, 7) is 0.735. The number of carbonyl (C=O) groups excluding carboxylic acids is 1. The third-order valence-electron chi connectivity index (χ3n) is 2.74. The van der Waals surface area contributed by atoms with Crippen molar-refractivity contribution in [2.75, 3.05) is 6.54 Å². The predicted octanol–water partition coefficient (Wildman–Crippen LogP) is 1.42. The number of hydrogen-bond acceptors (Lipinski definition) is 4. The maximum absolute atomic E-state index is 12.2. The van der Waals surface area contributed by atoms with Gasteiger partial charge in [0.25, 0.3) is 5.91 Å². The molecule has 0 aromatic carbocycles. The molecule has 1 unspecified atom stereocenters. The fraction of sp³-hybridized carbons (Fsp3) is 0.500. The Labute approximate surface area is 103 Å². The monoisotopic (exact) mass is 255 g/mol. The zero-order valence-electron chi connectivity index (χ0n) is 8.76. The van der Waals surface area contributed by atoms with Crippen LogP contribution < -0.4 is 5.73 Å². The Morgan fingerprint density at radius 1 is 1.62 bits per heavy atom. The van der Waals surface area contributed by atoms with Crippen molar-refractivity contribution >= 4 is 34.5 Å². The van der Waals surface area contributed by atoms with E-state index in [1.807, 2.05) is 0 Å². The number of likely N-dealkylation sites (tertiary alicyclic amines) is 1. The highest BCUT2D eigenvalue weighted by molar-refractivity contribution is 7.80. The van der Waals surface area contributed by atoms with Gasteiger partial charge in [-0.25, -0.2) is 0 Å². The molecule has 0 aliphatic carbocycles. The maximum Gasteiger partial charge on any atom is 0.266 e. The van der Waals surface area contributed by atoms with Crippen LogP contribution in [-0.4, -0.2) is 33.4 Å². The van der Waals surface area contributed by atoms with Gasteiger partial charge in [-0.15, -0.1) is 11.3 Å². The largest absolute Gasteiger partial charge is 0.392 e. The predicted molar refractivity (Wildman–Crippen MR) is 67.6 cm³/mol. The lowest BCUT2D eigenvalue weighted by Crippen LogP contribution is -2.49. The normalized spacial score (nSPS) is 20.8. The average molecular weight is 255 g/mol. The van der Waals surface area contributed by atoms with E-state index in [-0.39, 0.29) is 11.9 Å². The van der Waals surface area contributed by atoms with Gasteiger partial charge in [0.15, 0.2) is 0 Å². The Morgan fingerprint density at radius 3 is 3.06 bits per heavy atom. The van der Waals surface area contributed by atoms with Crippen molar-refractivity contribution in [3.63, 3.8) is 0 Å². The van der Waals surface area contributed by atoms with Crippen LogP contribution in [0, 0.1) is 0 Å². The highest BCUT2D eigenvalue weighted by Gasteiger charge is 2.29. The zero-order chi connectivity index (χ0) is 11.5. The van der Waals surface area contributed by atoms with Crippen LogP contribution in [0.3, 0.4) is 0 Å². The number of aromatic nitrogens is 1. The van der Waals surface area contributed by atoms with Crippen LogP contribution in [-0.2, 0) is 0 Å². The lowest BCUT2D eigenvalue weighted by atomic mass is 10.0. The maximum atomic E-state index is 12.2. The van der Waals surface area contributed by atoms with Crippen molar-refractivity contribution in [3.05, 3.63) is 16.6 Å². The second-order valence-corrected chi connectivity index (χ2v) is 5.14. The molecule has 86 valence electrons. The molecule has 4 nitrogen and oxygen atoms in total. The van der Waals surface area contributed by atoms with Crippen LogP contribution in [0.25, 0.3) is 0 Å². The molecule has 0 radical (unpaired) electrons. The minimum atomic E-state index is -0.0849. The van der Waals surface area contributed by atoms with Crippen molar-refractivity contribution in [2.45, 2.75) is 25.3 Å². The van der Waals surface area contributed by atoms with Gasteiger partial charge in [0.2, 0.25) is 0 Å². The molecule has 2 heterocycles. The number of carbonyl (C=O) groups is 1. The molecule has 16 heavy (non-hydrogen) atoms. The van der Waals surface area contributed by atoms with E-state index < -0.39 is 0 Å². The first-order chi connectivity index (χ1) is 7.70. The second kappa shape index (κ2) is 4.88. The summed E-state index contributed by atoms with van der Waals surface area (Å²) >= 11 is 6.36. The Morgan fingerprint density at radius 2 is 2.44 bits per heavy atom. The molecule has 6 heteroatoms. The molecular formula is C10H13N3OS2. The van der Waals surface area contributed by atoms with Crippen molar-refractivity contribution in [1.29, 1.82) is 0 Å². The summed E-state index contributed by atoms with van der Waals surface area (Å²) in [5, 5.41) is 0. The lowest BCUT2D eigenvalue weighted by Gasteiger charge is -2.34. The molecule has 1 aliphatic heterocycles. The first kappa shape index (κ1) is 11.5. The quantitative estimate of drug-likeness (QED) is 0.812. The standard InChI is InChI=1S/C10H13N3OS2/c11-9(15)7-3-1-2-4-13(7)10(14)8-5-12-6-16-8/h5-7H,1-4H2,(H2,11,15). The smallest absolute Gasteiger partial charge is 0.266 e. The van der Waals surface area contributed by atoms with E-state index in [1.54, 1.807) is 16.6 Å². The van der Waals surface area contributed by atoms with Gasteiger partial charge in [-0.2, -0.15) is 0 Å². The molecule has 1 aromatic heterocycles. The number of thiocarbonyl (C=S) groups is 1. The van der Waals surface area contributed by atoms with Crippen molar-refractivity contribution < 1.29 is 4.79 Å². The van der Waals surface area contributed by atoms with Crippen LogP contribution in [0.15, 0.2) is 11.7 Å². The fourth-order valence-electron chi connectivity index (χ4n) is 1.93. The minimum Gasteiger partial charge on any atom is -0.392 e. The fourth-order valence-corrected chi connectivity index (χ4v) is 2.75. The molecule has 0 saturated carbocycles. The van der Waals surface area contributed by atoms with E-state index >= 15 is 0 Å². The minimum absolute atomic E-state index is 0.000000000000000444. The van der Waals surface area contributed by atoms with Crippen molar-refractivity contribution in [2.24, 2.45) is 5.73 Å². The van der Waals surface area contributed by atoms with Crippen LogP contribution in [0.2, 0.25) is 0 Å². The van der Waals surface area contributed by atoms with E-state index in [0.717, 1.165) is 25.8 Å². The highest BCUT2D eigenvalue weighted by Crippen LogP contribution is 2.21. The van der Waals surface area contributed by atoms with Gasteiger partial charge in [-0.05, 0) is 19.3 Å². The number of rotatable bonds is 2. The summed E-state index contributed by atoms with van der Waals surface area (Å²) < 4.78 is 0. The van der Waals surface area contributed by atoms with Crippen LogP contribution in [0.5, 0.6) is 0 Å². The van der Waals surface area contributed by atoms with Crippen molar-refractivity contribution in [1.82, 2.24) is 9.88 Å². The summed E-state index contributed by atoms with van der Waals surface area (Å²) in [6.07, 6.45) is 4.57. The summed E-state index contributed by atoms with van der Waals surface area (Å²) in [6, 6.07) is -0.0849. The molecule has 1 amide bonds. The van der Waals surface area contributed by atoms with Crippen LogP contribution in [0.4, 0.5) is 0 Å². The van der Waals surface area contributed by atoms with E-state index in [9.17, 15) is 4.79 Å². The summed E-state index contributed by atoms with van der Waals surface area (Å²) in [5.74, 6) is 0.000000000000000444. The van der Waals surface area contributed by atoms with E-state index in [0.29, 0.717) is 9.87 Å². The Hall–Kier alpha value is -1.01. The SMILES string of the molecule is NC(=S)C1CCCCN1C(=O)c1cncs1. The third-order valence-corrected chi connectivity index (χ3v) is 3.77. The molecule has 2 rings (SSSR count). The highest BCUT2D eigenvalue weighted by atomic mass is 32.1. The van der Waals surface area contributed by atoms with Crippen molar-refractivity contribution in [3.8, 4) is 0 Å². The summed E-state index contributed by atoms with van der Waals surface area (Å²) in [7, 11) is 0. The average Bonchev–Trinajstić information content (AvgIpc) is 2.81. The Bertz CT molecular complexity index is 391. The summed E-state index contributed by atoms with van der Waals surface area (Å²) in [4.78, 5) is 18.9. The summed E-state index contributed by atoms with van der Waals surface area (Å²) in [5.41, 5.74) is 7.33. The molecule has 1 saturated heterocycles. The van der Waals surface area contributed by atoms with Gasteiger partial charge >= 0.3 is 0 Å². The first-order valence-corrected chi connectivity index (χ1v) is 6.47. The molecule has 1 aromatic rings. The Balaban J connectivity index is 2.17. The zero-order valence-corrected chi connectivity index (χ0v) is 10.4. The molecule has 0 bridgehead atoms. The molecular weight excluding hydrogens is 242 g/mol. The number of nitrogens with two attached hydrogens (primary N) is 1. The Kier molecular flexibility index (Phi) is 3.50. The van der Waals surface area contributed by atoms with Gasteiger partial charge in [0.1, 0.15) is 4.88 Å². The number of thiazole rings is 1. The van der Waals surface area contributed by atoms with Gasteiger partial charge in [0, 0.05) is 6.54 Å². The number of nitrogens with zero attached hydrogens (tertiary/aromatic N) is 2. The van der Waals surface area contributed by atoms with E-state index in [2.05, 4.69) is 4.98 Å². The molecule has 0 spiro atoms. The van der Waals surface area contributed by atoms with Gasteiger partial charge in [-0.3, -0.25) is 9.78 Å². The second-order valence-electron chi connectivity index (χ2n) is 3.78. The van der Waals surface area contributed by atoms with Crippen LogP contribution >= 0.6 is 23.6 Å². The number of piperidine rings is 1. The number of hydrogen-bond donors (Lipinski definition) is 1. The molecule has 1 aliphatic rings. The lowest BCUT2D eigenvalue weighted by molar-refractivity contribution is 0.0686. The third kappa shape index (κ3) is 2.22. The number of amides is 1. The van der Waals surface area contributed by atoms with Gasteiger partial charge in [-0.1, -0.05) is 12.2 Å². The first-order valence-electron chi connectivity index (χ1n) is 5.19. The molecule has 2 N–H and O–H groups in total. The topological polar surface area (TPSA) is 59.2 Å². The van der Waals surface area contributed by atoms with E-state index in [4.69, 9.17) is 18.0 Å². The molecule has 1 fully saturated rings.